The summed E-state index contributed by atoms with van der Waals surface area (Å²) in [6.45, 7) is 4.52. The van der Waals surface area contributed by atoms with E-state index in [-0.39, 0.29) is 0 Å². The summed E-state index contributed by atoms with van der Waals surface area (Å²) in [6.07, 6.45) is 6.10. The highest BCUT2D eigenvalue weighted by molar-refractivity contribution is 7.45. The first kappa shape index (κ1) is 11.2. The minimum absolute atomic E-state index is 0.500. The molecule has 76 valence electrons. The monoisotopic (exact) mass is 202 g/mol. The second-order valence-corrected chi connectivity index (χ2v) is 5.23. The first-order valence-corrected chi connectivity index (χ1v) is 6.36. The Bertz CT molecular complexity index is 187. The van der Waals surface area contributed by atoms with Crippen molar-refractivity contribution in [3.63, 3.8) is 0 Å². The summed E-state index contributed by atoms with van der Waals surface area (Å²) in [5.74, 6) is 1.55. The van der Waals surface area contributed by atoms with Gasteiger partial charge < -0.3 is 9.79 Å². The Kier molecular flexibility index (Phi) is 4.37. The van der Waals surface area contributed by atoms with E-state index < -0.39 is 8.38 Å². The van der Waals surface area contributed by atoms with Gasteiger partial charge >= 0.3 is 0 Å². The van der Waals surface area contributed by atoms with Crippen molar-refractivity contribution in [2.45, 2.75) is 33.1 Å². The van der Waals surface area contributed by atoms with Gasteiger partial charge in [-0.3, -0.25) is 0 Å². The lowest BCUT2D eigenvalue weighted by Gasteiger charge is -2.25. The lowest BCUT2D eigenvalue weighted by molar-refractivity contribution is 0.350. The van der Waals surface area contributed by atoms with Crippen molar-refractivity contribution in [1.82, 2.24) is 0 Å². The van der Waals surface area contributed by atoms with Gasteiger partial charge in [-0.1, -0.05) is 25.5 Å². The molecule has 0 fully saturated rings. The Hall–Kier alpha value is 0.0900. The zero-order chi connectivity index (χ0) is 9.84. The molecule has 0 amide bonds. The van der Waals surface area contributed by atoms with Crippen molar-refractivity contribution in [3.8, 4) is 0 Å². The second kappa shape index (κ2) is 5.09. The van der Waals surface area contributed by atoms with E-state index in [2.05, 4.69) is 19.9 Å². The van der Waals surface area contributed by atoms with Gasteiger partial charge in [-0.2, -0.15) is 0 Å². The molecule has 0 saturated carbocycles. The van der Waals surface area contributed by atoms with Crippen molar-refractivity contribution in [2.75, 3.05) is 6.16 Å². The summed E-state index contributed by atoms with van der Waals surface area (Å²) in [5.41, 5.74) is 1.24. The predicted octanol–water partition coefficient (Wildman–Crippen LogP) is 2.67. The van der Waals surface area contributed by atoms with Crippen molar-refractivity contribution < 1.29 is 9.79 Å². The van der Waals surface area contributed by atoms with Crippen molar-refractivity contribution in [1.29, 1.82) is 0 Å². The fraction of sp³-hybridized carbons (Fsp3) is 0.800. The number of allylic oxidation sites excluding steroid dienone is 2. The number of rotatable bonds is 3. The van der Waals surface area contributed by atoms with Crippen LogP contribution >= 0.6 is 8.38 Å². The SMILES string of the molecule is CC(C)C1CC=C(CP(O)O)CC1. The predicted molar refractivity (Wildman–Crippen MR) is 56.5 cm³/mol. The molecule has 0 heterocycles. The number of hydrogen-bond donors (Lipinski definition) is 2. The maximum absolute atomic E-state index is 8.86. The summed E-state index contributed by atoms with van der Waals surface area (Å²) >= 11 is 0. The summed E-state index contributed by atoms with van der Waals surface area (Å²) in [6, 6.07) is 0. The van der Waals surface area contributed by atoms with Gasteiger partial charge in [0.05, 0.1) is 0 Å². The van der Waals surface area contributed by atoms with Gasteiger partial charge in [-0.25, -0.2) is 0 Å². The van der Waals surface area contributed by atoms with Crippen LogP contribution in [0.5, 0.6) is 0 Å². The molecule has 0 aliphatic heterocycles. The molecular weight excluding hydrogens is 183 g/mol. The average molecular weight is 202 g/mol. The maximum Gasteiger partial charge on any atom is 0.169 e. The molecule has 0 radical (unpaired) electrons. The summed E-state index contributed by atoms with van der Waals surface area (Å²) in [4.78, 5) is 17.7. The highest BCUT2D eigenvalue weighted by atomic mass is 31.2. The van der Waals surface area contributed by atoms with E-state index in [1.165, 1.54) is 12.0 Å². The molecule has 1 rings (SSSR count). The average Bonchev–Trinajstić information content (AvgIpc) is 2.04. The molecule has 3 heteroatoms. The third-order valence-corrected chi connectivity index (χ3v) is 3.52. The van der Waals surface area contributed by atoms with Crippen molar-refractivity contribution >= 4 is 8.38 Å². The van der Waals surface area contributed by atoms with E-state index in [4.69, 9.17) is 9.79 Å². The molecule has 1 unspecified atom stereocenters. The lowest BCUT2D eigenvalue weighted by atomic mass is 9.83. The summed E-state index contributed by atoms with van der Waals surface area (Å²) in [7, 11) is -1.72. The highest BCUT2D eigenvalue weighted by Crippen LogP contribution is 2.34. The Morgan fingerprint density at radius 3 is 2.62 bits per heavy atom. The van der Waals surface area contributed by atoms with Crippen LogP contribution in [0.1, 0.15) is 33.1 Å². The van der Waals surface area contributed by atoms with E-state index in [1.54, 1.807) is 0 Å². The second-order valence-electron chi connectivity index (χ2n) is 4.17. The van der Waals surface area contributed by atoms with Crippen LogP contribution in [0.3, 0.4) is 0 Å². The molecule has 0 aromatic carbocycles. The van der Waals surface area contributed by atoms with E-state index in [9.17, 15) is 0 Å². The Morgan fingerprint density at radius 1 is 1.54 bits per heavy atom. The van der Waals surface area contributed by atoms with Gasteiger partial charge in [0.2, 0.25) is 0 Å². The molecule has 2 nitrogen and oxygen atoms in total. The molecule has 1 atom stereocenters. The quantitative estimate of drug-likeness (QED) is 0.545. The molecule has 13 heavy (non-hydrogen) atoms. The standard InChI is InChI=1S/C10H19O2P/c1-8(2)10-5-3-9(4-6-10)7-13(11)12/h3,8,10-12H,4-7H2,1-2H3. The molecule has 1 aliphatic carbocycles. The van der Waals surface area contributed by atoms with Crippen LogP contribution in [-0.4, -0.2) is 15.9 Å². The third kappa shape index (κ3) is 3.76. The Labute approximate surface area is 81.6 Å². The largest absolute Gasteiger partial charge is 0.350 e. The first-order valence-electron chi connectivity index (χ1n) is 4.92. The topological polar surface area (TPSA) is 40.5 Å². The van der Waals surface area contributed by atoms with Crippen LogP contribution in [0.15, 0.2) is 11.6 Å². The highest BCUT2D eigenvalue weighted by Gasteiger charge is 2.18. The molecule has 0 aromatic heterocycles. The Morgan fingerprint density at radius 2 is 2.23 bits per heavy atom. The van der Waals surface area contributed by atoms with Crippen LogP contribution in [0.25, 0.3) is 0 Å². The molecular formula is C10H19O2P. The van der Waals surface area contributed by atoms with Crippen LogP contribution < -0.4 is 0 Å². The normalized spacial score (nSPS) is 23.8. The van der Waals surface area contributed by atoms with Gasteiger partial charge in [0.1, 0.15) is 0 Å². The van der Waals surface area contributed by atoms with Crippen molar-refractivity contribution in [2.24, 2.45) is 11.8 Å². The van der Waals surface area contributed by atoms with Gasteiger partial charge in [0.15, 0.2) is 8.38 Å². The van der Waals surface area contributed by atoms with E-state index >= 15 is 0 Å². The molecule has 0 bridgehead atoms. The summed E-state index contributed by atoms with van der Waals surface area (Å²) < 4.78 is 0. The van der Waals surface area contributed by atoms with Gasteiger partial charge in [-0.05, 0) is 31.1 Å². The van der Waals surface area contributed by atoms with Gasteiger partial charge in [0.25, 0.3) is 0 Å². The van der Waals surface area contributed by atoms with Crippen LogP contribution in [0, 0.1) is 11.8 Å². The third-order valence-electron chi connectivity index (χ3n) is 2.83. The van der Waals surface area contributed by atoms with E-state index in [1.807, 2.05) is 0 Å². The van der Waals surface area contributed by atoms with Gasteiger partial charge in [0, 0.05) is 6.16 Å². The molecule has 0 aromatic rings. The zero-order valence-corrected chi connectivity index (χ0v) is 9.30. The van der Waals surface area contributed by atoms with Crippen LogP contribution in [0.2, 0.25) is 0 Å². The molecule has 0 spiro atoms. The molecule has 1 aliphatic rings. The van der Waals surface area contributed by atoms with Crippen molar-refractivity contribution in [3.05, 3.63) is 11.6 Å². The van der Waals surface area contributed by atoms with E-state index in [0.29, 0.717) is 6.16 Å². The van der Waals surface area contributed by atoms with E-state index in [0.717, 1.165) is 24.7 Å². The molecule has 2 N–H and O–H groups in total. The van der Waals surface area contributed by atoms with Crippen LogP contribution in [0.4, 0.5) is 0 Å². The maximum atomic E-state index is 8.86. The minimum atomic E-state index is -1.72. The van der Waals surface area contributed by atoms with Gasteiger partial charge in [-0.15, -0.1) is 0 Å². The number of hydrogen-bond acceptors (Lipinski definition) is 2. The minimum Gasteiger partial charge on any atom is -0.350 e. The zero-order valence-electron chi connectivity index (χ0n) is 8.40. The molecule has 0 saturated heterocycles. The first-order chi connectivity index (χ1) is 6.09. The fourth-order valence-electron chi connectivity index (χ4n) is 1.84. The van der Waals surface area contributed by atoms with Crippen LogP contribution in [-0.2, 0) is 0 Å². The fourth-order valence-corrected chi connectivity index (χ4v) is 2.49. The Balaban J connectivity index is 2.39. The summed E-state index contributed by atoms with van der Waals surface area (Å²) in [5, 5.41) is 0. The lowest BCUT2D eigenvalue weighted by Crippen LogP contribution is -2.12. The smallest absolute Gasteiger partial charge is 0.169 e.